The summed E-state index contributed by atoms with van der Waals surface area (Å²) >= 11 is 0. The quantitative estimate of drug-likeness (QED) is 0.790. The molecular weight excluding hydrogens is 276 g/mol. The summed E-state index contributed by atoms with van der Waals surface area (Å²) in [6.45, 7) is 0. The number of aromatic hydroxyl groups is 1. The van der Waals surface area contributed by atoms with Gasteiger partial charge in [-0.3, -0.25) is 4.79 Å². The van der Waals surface area contributed by atoms with Crippen LogP contribution in [0.5, 0.6) is 5.75 Å². The van der Waals surface area contributed by atoms with Crippen LogP contribution in [0.3, 0.4) is 0 Å². The van der Waals surface area contributed by atoms with E-state index in [0.29, 0.717) is 0 Å². The van der Waals surface area contributed by atoms with Crippen molar-refractivity contribution in [1.82, 2.24) is 0 Å². The van der Waals surface area contributed by atoms with E-state index in [-0.39, 0.29) is 49.4 Å². The van der Waals surface area contributed by atoms with Gasteiger partial charge in [0.05, 0.1) is 0 Å². The van der Waals surface area contributed by atoms with Crippen molar-refractivity contribution in [2.75, 3.05) is 0 Å². The maximum Gasteiger partial charge on any atom is 0.320 e. The number of benzene rings is 1. The van der Waals surface area contributed by atoms with Gasteiger partial charge in [0.2, 0.25) is 0 Å². The van der Waals surface area contributed by atoms with Gasteiger partial charge in [0, 0.05) is 0 Å². The molecule has 0 spiro atoms. The number of hydrogen-bond donors (Lipinski definition) is 3. The van der Waals surface area contributed by atoms with E-state index in [1.807, 2.05) is 0 Å². The Morgan fingerprint density at radius 1 is 1.19 bits per heavy atom. The number of halogens is 3. The average molecular weight is 291 g/mol. The summed E-state index contributed by atoms with van der Waals surface area (Å²) < 4.78 is 0. The Hall–Kier alpha value is -0.680. The van der Waals surface area contributed by atoms with Crippen LogP contribution in [0.15, 0.2) is 24.3 Å². The number of carboxylic acid groups (broad SMARTS) is 1. The lowest BCUT2D eigenvalue weighted by atomic mass is 10.1. The summed E-state index contributed by atoms with van der Waals surface area (Å²) in [6.07, 6.45) is 0.273. The third kappa shape index (κ3) is 6.74. The topological polar surface area (TPSA) is 83.5 Å². The number of hydrogen-bond acceptors (Lipinski definition) is 3. The van der Waals surface area contributed by atoms with Gasteiger partial charge in [0.1, 0.15) is 11.8 Å². The molecule has 4 N–H and O–H groups in total. The lowest BCUT2D eigenvalue weighted by Crippen LogP contribution is -2.32. The number of phenolic OH excluding ortho intramolecular Hbond substituents is 1. The molecule has 0 saturated carbocycles. The van der Waals surface area contributed by atoms with Crippen LogP contribution in [0, 0.1) is 0 Å². The summed E-state index contributed by atoms with van der Waals surface area (Å²) in [5.41, 5.74) is 6.12. The molecule has 0 aliphatic heterocycles. The van der Waals surface area contributed by atoms with Crippen molar-refractivity contribution in [3.05, 3.63) is 29.8 Å². The molecule has 4 nitrogen and oxygen atoms in total. The van der Waals surface area contributed by atoms with Crippen LogP contribution >= 0.6 is 37.2 Å². The van der Waals surface area contributed by atoms with Crippen molar-refractivity contribution < 1.29 is 15.0 Å². The highest BCUT2D eigenvalue weighted by Crippen LogP contribution is 2.10. The summed E-state index contributed by atoms with van der Waals surface area (Å²) in [5, 5.41) is 17.5. The average Bonchev–Trinajstić information content (AvgIpc) is 2.08. The Labute approximate surface area is 112 Å². The molecule has 1 atom stereocenters. The Morgan fingerprint density at radius 3 is 2.00 bits per heavy atom. The summed E-state index contributed by atoms with van der Waals surface area (Å²) in [5.74, 6) is -0.860. The van der Waals surface area contributed by atoms with Crippen LogP contribution in [0.1, 0.15) is 5.56 Å². The Bertz CT molecular complexity index is 305. The van der Waals surface area contributed by atoms with Gasteiger partial charge in [-0.25, -0.2) is 0 Å². The number of aliphatic carboxylic acids is 1. The molecule has 0 fully saturated rings. The first-order valence-electron chi connectivity index (χ1n) is 3.86. The van der Waals surface area contributed by atoms with E-state index in [2.05, 4.69) is 0 Å². The van der Waals surface area contributed by atoms with Crippen LogP contribution < -0.4 is 5.73 Å². The first-order valence-corrected chi connectivity index (χ1v) is 3.86. The highest BCUT2D eigenvalue weighted by molar-refractivity contribution is 5.86. The second-order valence-corrected chi connectivity index (χ2v) is 2.82. The van der Waals surface area contributed by atoms with Gasteiger partial charge in [-0.05, 0) is 24.1 Å². The maximum atomic E-state index is 10.4. The Balaban J connectivity index is -0.000000563. The Kier molecular flexibility index (Phi) is 12.3. The summed E-state index contributed by atoms with van der Waals surface area (Å²) in [4.78, 5) is 10.4. The van der Waals surface area contributed by atoms with Gasteiger partial charge < -0.3 is 15.9 Å². The maximum absolute atomic E-state index is 10.4. The molecule has 1 aromatic rings. The third-order valence-electron chi connectivity index (χ3n) is 1.71. The lowest BCUT2D eigenvalue weighted by Gasteiger charge is -2.05. The van der Waals surface area contributed by atoms with Gasteiger partial charge in [0.15, 0.2) is 0 Å². The molecule has 0 aliphatic rings. The van der Waals surface area contributed by atoms with E-state index in [1.165, 1.54) is 12.1 Å². The SMILES string of the molecule is Cl.Cl.Cl.N[C@@H](Cc1ccc(O)cc1)C(=O)O. The zero-order chi connectivity index (χ0) is 9.84. The largest absolute Gasteiger partial charge is 0.508 e. The van der Waals surface area contributed by atoms with E-state index in [4.69, 9.17) is 15.9 Å². The second-order valence-electron chi connectivity index (χ2n) is 2.82. The highest BCUT2D eigenvalue weighted by Gasteiger charge is 2.11. The molecule has 0 aliphatic carbocycles. The fraction of sp³-hybridized carbons (Fsp3) is 0.222. The van der Waals surface area contributed by atoms with Crippen molar-refractivity contribution in [2.24, 2.45) is 5.73 Å². The van der Waals surface area contributed by atoms with Crippen molar-refractivity contribution >= 4 is 43.2 Å². The van der Waals surface area contributed by atoms with E-state index in [1.54, 1.807) is 12.1 Å². The lowest BCUT2D eigenvalue weighted by molar-refractivity contribution is -0.138. The molecule has 0 radical (unpaired) electrons. The molecule has 94 valence electrons. The van der Waals surface area contributed by atoms with Crippen molar-refractivity contribution in [2.45, 2.75) is 12.5 Å². The smallest absolute Gasteiger partial charge is 0.320 e. The zero-order valence-electron chi connectivity index (χ0n) is 8.20. The van der Waals surface area contributed by atoms with Crippen LogP contribution in [0.4, 0.5) is 0 Å². The molecule has 0 saturated heterocycles. The minimum Gasteiger partial charge on any atom is -0.508 e. The summed E-state index contributed by atoms with van der Waals surface area (Å²) in [7, 11) is 0. The molecule has 0 bridgehead atoms. The monoisotopic (exact) mass is 289 g/mol. The predicted octanol–water partition coefficient (Wildman–Crippen LogP) is 1.61. The second kappa shape index (κ2) is 9.54. The van der Waals surface area contributed by atoms with E-state index in [0.717, 1.165) is 5.56 Å². The first kappa shape index (κ1) is 20.7. The number of nitrogens with two attached hydrogens (primary N) is 1. The molecule has 7 heteroatoms. The van der Waals surface area contributed by atoms with Crippen LogP contribution in [0.2, 0.25) is 0 Å². The molecule has 1 rings (SSSR count). The van der Waals surface area contributed by atoms with Crippen LogP contribution in [0.25, 0.3) is 0 Å². The van der Waals surface area contributed by atoms with E-state index in [9.17, 15) is 4.79 Å². The number of rotatable bonds is 3. The zero-order valence-corrected chi connectivity index (χ0v) is 10.6. The molecular formula is C9H14Cl3NO3. The van der Waals surface area contributed by atoms with Crippen LogP contribution in [-0.2, 0) is 11.2 Å². The predicted molar refractivity (Wildman–Crippen MR) is 69.2 cm³/mol. The number of carboxylic acids is 1. The molecule has 0 heterocycles. The number of carbonyl (C=O) groups is 1. The van der Waals surface area contributed by atoms with Gasteiger partial charge in [-0.1, -0.05) is 12.1 Å². The minimum atomic E-state index is -1.02. The fourth-order valence-electron chi connectivity index (χ4n) is 0.973. The normalized spacial score (nSPS) is 10.1. The standard InChI is InChI=1S/C9H11NO3.3ClH/c10-8(9(12)13)5-6-1-3-7(11)4-2-6;;;/h1-4,8,11H,5,10H2,(H,12,13);3*1H/t8-;;;/m0.../s1. The molecule has 16 heavy (non-hydrogen) atoms. The van der Waals surface area contributed by atoms with Crippen molar-refractivity contribution in [3.8, 4) is 5.75 Å². The molecule has 1 aromatic carbocycles. The fourth-order valence-corrected chi connectivity index (χ4v) is 0.973. The van der Waals surface area contributed by atoms with Crippen LogP contribution in [-0.4, -0.2) is 22.2 Å². The van der Waals surface area contributed by atoms with Gasteiger partial charge in [-0.2, -0.15) is 0 Å². The number of phenols is 1. The van der Waals surface area contributed by atoms with Crippen molar-refractivity contribution in [1.29, 1.82) is 0 Å². The molecule has 0 unspecified atom stereocenters. The van der Waals surface area contributed by atoms with E-state index < -0.39 is 12.0 Å². The van der Waals surface area contributed by atoms with E-state index >= 15 is 0 Å². The van der Waals surface area contributed by atoms with Gasteiger partial charge >= 0.3 is 5.97 Å². The molecule has 0 amide bonds. The Morgan fingerprint density at radius 2 is 1.62 bits per heavy atom. The summed E-state index contributed by atoms with van der Waals surface area (Å²) in [6, 6.07) is 5.42. The highest BCUT2D eigenvalue weighted by atomic mass is 35.5. The first-order chi connectivity index (χ1) is 6.09. The van der Waals surface area contributed by atoms with Gasteiger partial charge in [-0.15, -0.1) is 37.2 Å². The van der Waals surface area contributed by atoms with Gasteiger partial charge in [0.25, 0.3) is 0 Å². The van der Waals surface area contributed by atoms with Crippen molar-refractivity contribution in [3.63, 3.8) is 0 Å². The molecule has 0 aromatic heterocycles. The minimum absolute atomic E-state index is 0. The third-order valence-corrected chi connectivity index (χ3v) is 1.71.